The van der Waals surface area contributed by atoms with Crippen LogP contribution < -0.4 is 4.74 Å². The molecule has 1 saturated heterocycles. The summed E-state index contributed by atoms with van der Waals surface area (Å²) >= 11 is 5.66. The van der Waals surface area contributed by atoms with Crippen molar-refractivity contribution in [2.24, 2.45) is 0 Å². The first-order valence-electron chi connectivity index (χ1n) is 8.30. The smallest absolute Gasteiger partial charge is 0.120 e. The van der Waals surface area contributed by atoms with E-state index >= 15 is 0 Å². The van der Waals surface area contributed by atoms with Crippen LogP contribution in [0.2, 0.25) is 0 Å². The predicted octanol–water partition coefficient (Wildman–Crippen LogP) is 4.74. The van der Waals surface area contributed by atoms with Crippen LogP contribution in [0.25, 0.3) is 0 Å². The zero-order chi connectivity index (χ0) is 16.1. The Morgan fingerprint density at radius 1 is 1.04 bits per heavy atom. The van der Waals surface area contributed by atoms with Crippen LogP contribution >= 0.6 is 12.2 Å². The quantitative estimate of drug-likeness (QED) is 0.754. The molecule has 3 heteroatoms. The average Bonchev–Trinajstić information content (AvgIpc) is 2.61. The summed E-state index contributed by atoms with van der Waals surface area (Å²) < 4.78 is 5.93. The molecule has 1 aliphatic heterocycles. The third kappa shape index (κ3) is 4.32. The number of nitrogens with zero attached hydrogens (tertiary/aromatic N) is 1. The zero-order valence-corrected chi connectivity index (χ0v) is 14.4. The Morgan fingerprint density at radius 2 is 1.78 bits per heavy atom. The number of hydrogen-bond acceptors (Lipinski definition) is 2. The summed E-state index contributed by atoms with van der Waals surface area (Å²) in [4.78, 5) is 3.27. The summed E-state index contributed by atoms with van der Waals surface area (Å²) in [5.41, 5.74) is 3.53. The maximum atomic E-state index is 5.93. The van der Waals surface area contributed by atoms with E-state index in [-0.39, 0.29) is 0 Å². The lowest BCUT2D eigenvalue weighted by Crippen LogP contribution is -2.34. The van der Waals surface area contributed by atoms with Crippen LogP contribution in [0.15, 0.2) is 48.5 Å². The monoisotopic (exact) mass is 325 g/mol. The van der Waals surface area contributed by atoms with Gasteiger partial charge in [0.1, 0.15) is 17.3 Å². The van der Waals surface area contributed by atoms with Gasteiger partial charge in [0.15, 0.2) is 0 Å². The van der Waals surface area contributed by atoms with Crippen molar-refractivity contribution in [3.05, 3.63) is 65.2 Å². The van der Waals surface area contributed by atoms with E-state index in [0.29, 0.717) is 6.61 Å². The maximum Gasteiger partial charge on any atom is 0.120 e. The van der Waals surface area contributed by atoms with Crippen molar-refractivity contribution in [2.75, 3.05) is 13.1 Å². The first-order valence-corrected chi connectivity index (χ1v) is 8.71. The highest BCUT2D eigenvalue weighted by molar-refractivity contribution is 7.80. The Bertz CT molecular complexity index is 660. The second-order valence-electron chi connectivity index (χ2n) is 6.15. The van der Waals surface area contributed by atoms with Gasteiger partial charge < -0.3 is 9.64 Å². The molecule has 1 aliphatic rings. The van der Waals surface area contributed by atoms with E-state index in [1.54, 1.807) is 0 Å². The molecular weight excluding hydrogens is 302 g/mol. The van der Waals surface area contributed by atoms with E-state index < -0.39 is 0 Å². The van der Waals surface area contributed by atoms with Gasteiger partial charge in [-0.15, -0.1) is 0 Å². The number of ether oxygens (including phenoxy) is 1. The molecule has 0 aliphatic carbocycles. The maximum absolute atomic E-state index is 5.93. The van der Waals surface area contributed by atoms with Gasteiger partial charge in [-0.1, -0.05) is 54.2 Å². The Kier molecular flexibility index (Phi) is 5.29. The van der Waals surface area contributed by atoms with E-state index in [0.717, 1.165) is 29.4 Å². The van der Waals surface area contributed by atoms with Gasteiger partial charge in [-0.3, -0.25) is 0 Å². The second-order valence-corrected chi connectivity index (χ2v) is 6.54. The summed E-state index contributed by atoms with van der Waals surface area (Å²) in [5.74, 6) is 0.877. The molecule has 0 spiro atoms. The van der Waals surface area contributed by atoms with Gasteiger partial charge in [0.2, 0.25) is 0 Å². The highest BCUT2D eigenvalue weighted by Crippen LogP contribution is 2.19. The normalized spacial score (nSPS) is 14.6. The number of aryl methyl sites for hydroxylation is 1. The highest BCUT2D eigenvalue weighted by Gasteiger charge is 2.15. The molecule has 2 aromatic rings. The minimum atomic E-state index is 0.584. The molecule has 0 radical (unpaired) electrons. The first-order chi connectivity index (χ1) is 11.2. The summed E-state index contributed by atoms with van der Waals surface area (Å²) in [7, 11) is 0. The summed E-state index contributed by atoms with van der Waals surface area (Å²) in [6.45, 7) is 4.83. The van der Waals surface area contributed by atoms with E-state index in [9.17, 15) is 0 Å². The lowest BCUT2D eigenvalue weighted by atomic mass is 10.1. The lowest BCUT2D eigenvalue weighted by Gasteiger charge is -2.29. The summed E-state index contributed by atoms with van der Waals surface area (Å²) in [6, 6.07) is 16.6. The molecule has 0 amide bonds. The topological polar surface area (TPSA) is 12.5 Å². The molecule has 0 saturated carbocycles. The second kappa shape index (κ2) is 7.60. The van der Waals surface area contributed by atoms with Crippen molar-refractivity contribution < 1.29 is 4.74 Å². The SMILES string of the molecule is Cc1ccc(COc2cccc(C(=S)N3CCCCC3)c2)cc1. The Balaban J connectivity index is 1.64. The Labute approximate surface area is 144 Å². The van der Waals surface area contributed by atoms with Gasteiger partial charge >= 0.3 is 0 Å². The van der Waals surface area contributed by atoms with Crippen LogP contribution in [0.4, 0.5) is 0 Å². The van der Waals surface area contributed by atoms with Gasteiger partial charge in [-0.05, 0) is 43.9 Å². The van der Waals surface area contributed by atoms with Gasteiger partial charge in [-0.25, -0.2) is 0 Å². The third-order valence-electron chi connectivity index (χ3n) is 4.25. The fourth-order valence-electron chi connectivity index (χ4n) is 2.85. The molecule has 0 atom stereocenters. The zero-order valence-electron chi connectivity index (χ0n) is 13.6. The van der Waals surface area contributed by atoms with Crippen LogP contribution in [0.3, 0.4) is 0 Å². The Morgan fingerprint density at radius 3 is 2.52 bits per heavy atom. The molecule has 1 fully saturated rings. The number of hydrogen-bond donors (Lipinski definition) is 0. The van der Waals surface area contributed by atoms with Crippen molar-refractivity contribution in [3.63, 3.8) is 0 Å². The molecule has 23 heavy (non-hydrogen) atoms. The van der Waals surface area contributed by atoms with E-state index in [2.05, 4.69) is 48.2 Å². The van der Waals surface area contributed by atoms with E-state index in [1.807, 2.05) is 12.1 Å². The number of piperidine rings is 1. The molecule has 1 heterocycles. The van der Waals surface area contributed by atoms with E-state index in [4.69, 9.17) is 17.0 Å². The number of likely N-dealkylation sites (tertiary alicyclic amines) is 1. The molecule has 0 bridgehead atoms. The van der Waals surface area contributed by atoms with Crippen molar-refractivity contribution in [1.29, 1.82) is 0 Å². The van der Waals surface area contributed by atoms with Crippen LogP contribution in [0.1, 0.15) is 36.0 Å². The minimum absolute atomic E-state index is 0.584. The van der Waals surface area contributed by atoms with Crippen LogP contribution in [-0.4, -0.2) is 23.0 Å². The van der Waals surface area contributed by atoms with E-state index in [1.165, 1.54) is 30.4 Å². The van der Waals surface area contributed by atoms with Crippen molar-refractivity contribution in [3.8, 4) is 5.75 Å². The van der Waals surface area contributed by atoms with Crippen molar-refractivity contribution in [1.82, 2.24) is 4.90 Å². The highest BCUT2D eigenvalue weighted by atomic mass is 32.1. The third-order valence-corrected chi connectivity index (χ3v) is 4.74. The van der Waals surface area contributed by atoms with Crippen molar-refractivity contribution >= 4 is 17.2 Å². The molecule has 120 valence electrons. The summed E-state index contributed by atoms with van der Waals surface area (Å²) in [6.07, 6.45) is 3.80. The minimum Gasteiger partial charge on any atom is -0.489 e. The Hall–Kier alpha value is -1.87. The van der Waals surface area contributed by atoms with Crippen LogP contribution in [0.5, 0.6) is 5.75 Å². The van der Waals surface area contributed by atoms with Crippen LogP contribution in [0, 0.1) is 6.92 Å². The molecule has 2 aromatic carbocycles. The number of thiocarbonyl (C=S) groups is 1. The molecule has 3 rings (SSSR count). The fourth-order valence-corrected chi connectivity index (χ4v) is 3.16. The standard InChI is InChI=1S/C20H23NOS/c1-16-8-10-17(11-9-16)15-22-19-7-5-6-18(14-19)20(23)21-12-3-2-4-13-21/h5-11,14H,2-4,12-13,15H2,1H3. The lowest BCUT2D eigenvalue weighted by molar-refractivity contribution is 0.306. The number of rotatable bonds is 4. The molecular formula is C20H23NOS. The summed E-state index contributed by atoms with van der Waals surface area (Å²) in [5, 5.41) is 0. The first kappa shape index (κ1) is 16.0. The van der Waals surface area contributed by atoms with Gasteiger partial charge in [0.05, 0.1) is 0 Å². The number of benzene rings is 2. The van der Waals surface area contributed by atoms with Gasteiger partial charge in [0.25, 0.3) is 0 Å². The van der Waals surface area contributed by atoms with Crippen molar-refractivity contribution in [2.45, 2.75) is 32.8 Å². The van der Waals surface area contributed by atoms with Gasteiger partial charge in [-0.2, -0.15) is 0 Å². The molecule has 0 N–H and O–H groups in total. The average molecular weight is 325 g/mol. The fraction of sp³-hybridized carbons (Fsp3) is 0.350. The van der Waals surface area contributed by atoms with Crippen LogP contribution in [-0.2, 0) is 6.61 Å². The molecule has 0 aromatic heterocycles. The molecule has 2 nitrogen and oxygen atoms in total. The molecule has 0 unspecified atom stereocenters. The van der Waals surface area contributed by atoms with Gasteiger partial charge in [0, 0.05) is 18.7 Å². The predicted molar refractivity (Wildman–Crippen MR) is 99.1 cm³/mol. The largest absolute Gasteiger partial charge is 0.489 e.